The van der Waals surface area contributed by atoms with E-state index in [0.717, 1.165) is 54.4 Å². The summed E-state index contributed by atoms with van der Waals surface area (Å²) in [6.07, 6.45) is 6.09. The number of furan rings is 1. The molecule has 6 nitrogen and oxygen atoms in total. The van der Waals surface area contributed by atoms with Gasteiger partial charge in [0.05, 0.1) is 24.4 Å². The molecule has 1 fully saturated rings. The van der Waals surface area contributed by atoms with Crippen LogP contribution in [0, 0.1) is 0 Å². The van der Waals surface area contributed by atoms with Crippen molar-refractivity contribution >= 4 is 40.8 Å². The van der Waals surface area contributed by atoms with Crippen molar-refractivity contribution in [2.45, 2.75) is 32.4 Å². The largest absolute Gasteiger partial charge is 0.468 e. The normalized spacial score (nSPS) is 15.7. The first-order valence-corrected chi connectivity index (χ1v) is 10.5. The fraction of sp³-hybridized carbons (Fsp3) is 0.391. The van der Waals surface area contributed by atoms with Crippen LogP contribution >= 0.6 is 24.0 Å². The van der Waals surface area contributed by atoms with E-state index >= 15 is 0 Å². The molecule has 30 heavy (non-hydrogen) atoms. The summed E-state index contributed by atoms with van der Waals surface area (Å²) in [5.41, 5.74) is 2.14. The zero-order valence-corrected chi connectivity index (χ0v) is 19.7. The van der Waals surface area contributed by atoms with Crippen LogP contribution in [0.5, 0.6) is 0 Å². The second-order valence-corrected chi connectivity index (χ2v) is 7.34. The molecule has 0 bridgehead atoms. The molecule has 1 atom stereocenters. The van der Waals surface area contributed by atoms with E-state index in [1.807, 2.05) is 18.3 Å². The van der Waals surface area contributed by atoms with E-state index < -0.39 is 0 Å². The number of pyridine rings is 1. The summed E-state index contributed by atoms with van der Waals surface area (Å²) in [6, 6.07) is 14.5. The number of likely N-dealkylation sites (tertiary alicyclic amines) is 1. The zero-order valence-electron chi connectivity index (χ0n) is 17.4. The van der Waals surface area contributed by atoms with Crippen LogP contribution in [0.3, 0.4) is 0 Å². The number of nitrogens with one attached hydrogen (secondary N) is 2. The summed E-state index contributed by atoms with van der Waals surface area (Å²) in [6.45, 7) is 6.46. The van der Waals surface area contributed by atoms with Gasteiger partial charge in [0.25, 0.3) is 0 Å². The number of nitrogens with zero attached hydrogens (tertiary/aromatic N) is 3. The predicted octanol–water partition coefficient (Wildman–Crippen LogP) is 4.34. The van der Waals surface area contributed by atoms with Crippen molar-refractivity contribution in [1.82, 2.24) is 20.5 Å². The van der Waals surface area contributed by atoms with Gasteiger partial charge in [-0.1, -0.05) is 24.3 Å². The van der Waals surface area contributed by atoms with Gasteiger partial charge in [-0.15, -0.1) is 24.0 Å². The lowest BCUT2D eigenvalue weighted by molar-refractivity contribution is 0.215. The van der Waals surface area contributed by atoms with Crippen LogP contribution in [0.15, 0.2) is 64.3 Å². The van der Waals surface area contributed by atoms with E-state index in [9.17, 15) is 0 Å². The lowest BCUT2D eigenvalue weighted by atomic mass is 10.1. The summed E-state index contributed by atoms with van der Waals surface area (Å²) < 4.78 is 5.73. The van der Waals surface area contributed by atoms with Gasteiger partial charge in [-0.2, -0.15) is 0 Å². The Hall–Kier alpha value is -2.13. The molecule has 3 heterocycles. The van der Waals surface area contributed by atoms with Gasteiger partial charge in [0.15, 0.2) is 5.96 Å². The number of rotatable bonds is 7. The SMILES string of the molecule is CCNC(=NCc1cccc2cccnc12)NCC(c1ccco1)N1CCCC1.I. The van der Waals surface area contributed by atoms with Gasteiger partial charge in [-0.05, 0) is 56.6 Å². The van der Waals surface area contributed by atoms with Gasteiger partial charge in [-0.3, -0.25) is 9.88 Å². The zero-order chi connectivity index (χ0) is 19.9. The first-order chi connectivity index (χ1) is 14.3. The number of benzene rings is 1. The maximum absolute atomic E-state index is 5.73. The van der Waals surface area contributed by atoms with Crippen molar-refractivity contribution in [2.24, 2.45) is 4.99 Å². The second kappa shape index (κ2) is 11.3. The first-order valence-electron chi connectivity index (χ1n) is 10.5. The van der Waals surface area contributed by atoms with Crippen LogP contribution in [0.2, 0.25) is 0 Å². The molecule has 1 aliphatic heterocycles. The Morgan fingerprint density at radius 1 is 1.13 bits per heavy atom. The number of hydrogen-bond acceptors (Lipinski definition) is 4. The molecule has 0 spiro atoms. The molecule has 1 unspecified atom stereocenters. The van der Waals surface area contributed by atoms with Crippen molar-refractivity contribution < 1.29 is 4.42 Å². The third kappa shape index (κ3) is 5.51. The van der Waals surface area contributed by atoms with Crippen molar-refractivity contribution in [2.75, 3.05) is 26.2 Å². The van der Waals surface area contributed by atoms with Gasteiger partial charge in [-0.25, -0.2) is 4.99 Å². The Balaban J connectivity index is 0.00000256. The van der Waals surface area contributed by atoms with E-state index in [-0.39, 0.29) is 30.0 Å². The van der Waals surface area contributed by atoms with Crippen LogP contribution in [0.4, 0.5) is 0 Å². The Labute approximate surface area is 195 Å². The highest BCUT2D eigenvalue weighted by molar-refractivity contribution is 14.0. The molecule has 0 radical (unpaired) electrons. The average molecular weight is 519 g/mol. The molecule has 3 aromatic rings. The number of aromatic nitrogens is 1. The summed E-state index contributed by atoms with van der Waals surface area (Å²) in [7, 11) is 0. The Morgan fingerprint density at radius 2 is 1.97 bits per heavy atom. The van der Waals surface area contributed by atoms with Gasteiger partial charge in [0.2, 0.25) is 0 Å². The summed E-state index contributed by atoms with van der Waals surface area (Å²) in [5, 5.41) is 8.03. The molecule has 0 aliphatic carbocycles. The van der Waals surface area contributed by atoms with Crippen molar-refractivity contribution in [3.8, 4) is 0 Å². The molecular formula is C23H30IN5O. The minimum atomic E-state index is 0. The highest BCUT2D eigenvalue weighted by atomic mass is 127. The molecule has 0 amide bonds. The lowest BCUT2D eigenvalue weighted by Crippen LogP contribution is -2.42. The number of fused-ring (bicyclic) bond motifs is 1. The molecule has 160 valence electrons. The molecule has 2 N–H and O–H groups in total. The van der Waals surface area contributed by atoms with Crippen LogP contribution in [-0.4, -0.2) is 42.0 Å². The van der Waals surface area contributed by atoms with E-state index in [2.05, 4.69) is 57.8 Å². The number of halogens is 1. The van der Waals surface area contributed by atoms with E-state index in [1.165, 1.54) is 12.8 Å². The quantitative estimate of drug-likeness (QED) is 0.276. The van der Waals surface area contributed by atoms with Gasteiger partial charge >= 0.3 is 0 Å². The molecule has 4 rings (SSSR count). The first kappa shape index (κ1) is 22.6. The standard InChI is InChI=1S/C23H29N5O.HI/c1-2-24-23(26-16-19-9-5-8-18-10-6-12-25-22(18)19)27-17-20(21-11-7-15-29-21)28-13-3-4-14-28;/h5-12,15,20H,2-4,13-14,16-17H2,1H3,(H2,24,26,27);1H. The predicted molar refractivity (Wildman–Crippen MR) is 132 cm³/mol. The van der Waals surface area contributed by atoms with Crippen molar-refractivity contribution in [1.29, 1.82) is 0 Å². The maximum Gasteiger partial charge on any atom is 0.191 e. The molecule has 1 aliphatic rings. The van der Waals surface area contributed by atoms with Crippen molar-refractivity contribution in [3.63, 3.8) is 0 Å². The van der Waals surface area contributed by atoms with E-state index in [0.29, 0.717) is 6.54 Å². The van der Waals surface area contributed by atoms with E-state index in [4.69, 9.17) is 9.41 Å². The van der Waals surface area contributed by atoms with Crippen LogP contribution < -0.4 is 10.6 Å². The number of guanidine groups is 1. The Morgan fingerprint density at radius 3 is 2.73 bits per heavy atom. The fourth-order valence-electron chi connectivity index (χ4n) is 3.94. The third-order valence-corrected chi connectivity index (χ3v) is 5.38. The molecule has 0 saturated carbocycles. The molecule has 1 aromatic carbocycles. The number of para-hydroxylation sites is 1. The number of aliphatic imine (C=N–C) groups is 1. The molecular weight excluding hydrogens is 489 g/mol. The summed E-state index contributed by atoms with van der Waals surface area (Å²) >= 11 is 0. The maximum atomic E-state index is 5.73. The van der Waals surface area contributed by atoms with Gasteiger partial charge in [0, 0.05) is 24.7 Å². The minimum Gasteiger partial charge on any atom is -0.468 e. The smallest absolute Gasteiger partial charge is 0.191 e. The monoisotopic (exact) mass is 519 g/mol. The molecule has 7 heteroatoms. The Bertz CT molecular complexity index is 932. The third-order valence-electron chi connectivity index (χ3n) is 5.38. The van der Waals surface area contributed by atoms with Crippen molar-refractivity contribution in [3.05, 3.63) is 66.2 Å². The van der Waals surface area contributed by atoms with Crippen LogP contribution in [0.25, 0.3) is 10.9 Å². The van der Waals surface area contributed by atoms with Crippen LogP contribution in [0.1, 0.15) is 37.1 Å². The van der Waals surface area contributed by atoms with Crippen LogP contribution in [-0.2, 0) is 6.54 Å². The summed E-state index contributed by atoms with van der Waals surface area (Å²) in [4.78, 5) is 11.8. The Kier molecular flexibility index (Phi) is 8.50. The highest BCUT2D eigenvalue weighted by Gasteiger charge is 2.25. The lowest BCUT2D eigenvalue weighted by Gasteiger charge is -2.26. The fourth-order valence-corrected chi connectivity index (χ4v) is 3.94. The second-order valence-electron chi connectivity index (χ2n) is 7.34. The van der Waals surface area contributed by atoms with Gasteiger partial charge < -0.3 is 15.1 Å². The number of hydrogen-bond donors (Lipinski definition) is 2. The van der Waals surface area contributed by atoms with E-state index in [1.54, 1.807) is 6.26 Å². The van der Waals surface area contributed by atoms with Gasteiger partial charge in [0.1, 0.15) is 5.76 Å². The highest BCUT2D eigenvalue weighted by Crippen LogP contribution is 2.25. The molecule has 1 saturated heterocycles. The molecule has 2 aromatic heterocycles. The average Bonchev–Trinajstić information content (AvgIpc) is 3.47. The minimum absolute atomic E-state index is 0. The topological polar surface area (TPSA) is 65.7 Å². The summed E-state index contributed by atoms with van der Waals surface area (Å²) in [5.74, 6) is 1.82.